The third-order valence-corrected chi connectivity index (χ3v) is 2.91. The minimum absolute atomic E-state index is 0.181. The maximum absolute atomic E-state index is 6.25. The standard InChI is InChI=1S/C13H17ClN4O/c1-3-19-7-10(2)17-12-6-4-5-11(14)13(12)18-9-15-8-16-18/h4-6,8-10,17H,3,7H2,1-2H3. The molecule has 0 radical (unpaired) electrons. The summed E-state index contributed by atoms with van der Waals surface area (Å²) in [6.07, 6.45) is 3.11. The van der Waals surface area contributed by atoms with Crippen LogP contribution in [0.5, 0.6) is 0 Å². The van der Waals surface area contributed by atoms with Crippen molar-refractivity contribution in [1.82, 2.24) is 14.8 Å². The quantitative estimate of drug-likeness (QED) is 0.884. The number of ether oxygens (including phenoxy) is 1. The molecule has 0 saturated carbocycles. The minimum atomic E-state index is 0.181. The Morgan fingerprint density at radius 1 is 1.47 bits per heavy atom. The van der Waals surface area contributed by atoms with Crippen LogP contribution in [-0.2, 0) is 4.74 Å². The fraction of sp³-hybridized carbons (Fsp3) is 0.385. The Morgan fingerprint density at radius 2 is 2.32 bits per heavy atom. The highest BCUT2D eigenvalue weighted by Gasteiger charge is 2.12. The van der Waals surface area contributed by atoms with Gasteiger partial charge < -0.3 is 10.1 Å². The molecule has 0 aliphatic rings. The smallest absolute Gasteiger partial charge is 0.138 e. The number of anilines is 1. The molecule has 2 rings (SSSR count). The number of nitrogens with zero attached hydrogens (tertiary/aromatic N) is 3. The molecule has 0 aliphatic carbocycles. The van der Waals surface area contributed by atoms with E-state index in [4.69, 9.17) is 16.3 Å². The third kappa shape index (κ3) is 3.45. The van der Waals surface area contributed by atoms with Crippen molar-refractivity contribution in [3.05, 3.63) is 35.9 Å². The highest BCUT2D eigenvalue weighted by atomic mass is 35.5. The Hall–Kier alpha value is -1.59. The van der Waals surface area contributed by atoms with Crippen LogP contribution in [-0.4, -0.2) is 34.0 Å². The summed E-state index contributed by atoms with van der Waals surface area (Å²) in [7, 11) is 0. The molecule has 0 saturated heterocycles. The van der Waals surface area contributed by atoms with Gasteiger partial charge in [0.2, 0.25) is 0 Å². The van der Waals surface area contributed by atoms with Crippen molar-refractivity contribution in [3.8, 4) is 5.69 Å². The fourth-order valence-corrected chi connectivity index (χ4v) is 2.05. The van der Waals surface area contributed by atoms with Gasteiger partial charge >= 0.3 is 0 Å². The lowest BCUT2D eigenvalue weighted by atomic mass is 10.2. The zero-order valence-electron chi connectivity index (χ0n) is 11.0. The van der Waals surface area contributed by atoms with Crippen LogP contribution in [0.3, 0.4) is 0 Å². The van der Waals surface area contributed by atoms with Crippen LogP contribution in [0.15, 0.2) is 30.9 Å². The molecule has 2 aromatic rings. The molecular weight excluding hydrogens is 264 g/mol. The number of para-hydroxylation sites is 1. The van der Waals surface area contributed by atoms with Gasteiger partial charge in [-0.2, -0.15) is 5.10 Å². The molecule has 6 heteroatoms. The Balaban J connectivity index is 2.23. The summed E-state index contributed by atoms with van der Waals surface area (Å²) in [6, 6.07) is 5.88. The van der Waals surface area contributed by atoms with E-state index in [0.717, 1.165) is 11.4 Å². The number of hydrogen-bond donors (Lipinski definition) is 1. The summed E-state index contributed by atoms with van der Waals surface area (Å²) in [5.74, 6) is 0. The molecule has 0 fully saturated rings. The van der Waals surface area contributed by atoms with Gasteiger partial charge in [-0.05, 0) is 26.0 Å². The summed E-state index contributed by atoms with van der Waals surface area (Å²) < 4.78 is 7.05. The van der Waals surface area contributed by atoms with Crippen molar-refractivity contribution in [2.45, 2.75) is 19.9 Å². The van der Waals surface area contributed by atoms with Crippen LogP contribution in [0.25, 0.3) is 5.69 Å². The Kier molecular flexibility index (Phi) is 4.76. The predicted molar refractivity (Wildman–Crippen MR) is 75.9 cm³/mol. The molecule has 1 heterocycles. The number of halogens is 1. The lowest BCUT2D eigenvalue weighted by Crippen LogP contribution is -2.22. The molecule has 0 amide bonds. The number of benzene rings is 1. The van der Waals surface area contributed by atoms with E-state index >= 15 is 0 Å². The maximum atomic E-state index is 6.25. The average molecular weight is 281 g/mol. The topological polar surface area (TPSA) is 52.0 Å². The molecule has 19 heavy (non-hydrogen) atoms. The molecule has 0 spiro atoms. The third-order valence-electron chi connectivity index (χ3n) is 2.61. The minimum Gasteiger partial charge on any atom is -0.380 e. The summed E-state index contributed by atoms with van der Waals surface area (Å²) >= 11 is 6.25. The molecule has 1 aromatic carbocycles. The van der Waals surface area contributed by atoms with Gasteiger partial charge in [-0.25, -0.2) is 9.67 Å². The first-order valence-electron chi connectivity index (χ1n) is 6.20. The molecule has 1 N–H and O–H groups in total. The van der Waals surface area contributed by atoms with Crippen molar-refractivity contribution < 1.29 is 4.74 Å². The molecule has 5 nitrogen and oxygen atoms in total. The number of aromatic nitrogens is 3. The first kappa shape index (κ1) is 13.8. The van der Waals surface area contributed by atoms with E-state index in [9.17, 15) is 0 Å². The normalized spacial score (nSPS) is 12.4. The van der Waals surface area contributed by atoms with Gasteiger partial charge in [0.25, 0.3) is 0 Å². The number of rotatable bonds is 6. The first-order chi connectivity index (χ1) is 9.22. The van der Waals surface area contributed by atoms with Crippen LogP contribution in [0.1, 0.15) is 13.8 Å². The van der Waals surface area contributed by atoms with Crippen LogP contribution in [0.2, 0.25) is 5.02 Å². The highest BCUT2D eigenvalue weighted by molar-refractivity contribution is 6.33. The van der Waals surface area contributed by atoms with Crippen molar-refractivity contribution in [2.24, 2.45) is 0 Å². The van der Waals surface area contributed by atoms with E-state index in [1.165, 1.54) is 6.33 Å². The van der Waals surface area contributed by atoms with Gasteiger partial charge in [0.05, 0.1) is 17.3 Å². The molecule has 1 unspecified atom stereocenters. The second-order valence-corrected chi connectivity index (χ2v) is 4.59. The van der Waals surface area contributed by atoms with E-state index in [0.29, 0.717) is 18.2 Å². The second kappa shape index (κ2) is 6.54. The molecule has 0 bridgehead atoms. The lowest BCUT2D eigenvalue weighted by molar-refractivity contribution is 0.141. The van der Waals surface area contributed by atoms with E-state index in [1.54, 1.807) is 11.0 Å². The van der Waals surface area contributed by atoms with Gasteiger partial charge in [-0.1, -0.05) is 17.7 Å². The van der Waals surface area contributed by atoms with Crippen molar-refractivity contribution in [3.63, 3.8) is 0 Å². The van der Waals surface area contributed by atoms with Crippen LogP contribution < -0.4 is 5.32 Å². The Morgan fingerprint density at radius 3 is 3.00 bits per heavy atom. The molecule has 1 aromatic heterocycles. The molecule has 102 valence electrons. The van der Waals surface area contributed by atoms with E-state index in [1.807, 2.05) is 25.1 Å². The molecular formula is C13H17ClN4O. The second-order valence-electron chi connectivity index (χ2n) is 4.18. The predicted octanol–water partition coefficient (Wildman–Crippen LogP) is 2.76. The van der Waals surface area contributed by atoms with Crippen LogP contribution >= 0.6 is 11.6 Å². The molecule has 0 aliphatic heterocycles. The van der Waals surface area contributed by atoms with Crippen molar-refractivity contribution in [1.29, 1.82) is 0 Å². The Bertz CT molecular complexity index is 515. The van der Waals surface area contributed by atoms with Crippen molar-refractivity contribution in [2.75, 3.05) is 18.5 Å². The fourth-order valence-electron chi connectivity index (χ4n) is 1.79. The van der Waals surface area contributed by atoms with Gasteiger partial charge in [0, 0.05) is 12.6 Å². The van der Waals surface area contributed by atoms with Gasteiger partial charge in [-0.3, -0.25) is 0 Å². The zero-order chi connectivity index (χ0) is 13.7. The first-order valence-corrected chi connectivity index (χ1v) is 6.58. The number of hydrogen-bond acceptors (Lipinski definition) is 4. The zero-order valence-corrected chi connectivity index (χ0v) is 11.8. The highest BCUT2D eigenvalue weighted by Crippen LogP contribution is 2.28. The van der Waals surface area contributed by atoms with E-state index in [-0.39, 0.29) is 6.04 Å². The van der Waals surface area contributed by atoms with Gasteiger partial charge in [-0.15, -0.1) is 0 Å². The van der Waals surface area contributed by atoms with Gasteiger partial charge in [0.1, 0.15) is 18.3 Å². The summed E-state index contributed by atoms with van der Waals surface area (Å²) in [4.78, 5) is 3.95. The maximum Gasteiger partial charge on any atom is 0.138 e. The number of nitrogens with one attached hydrogen (secondary N) is 1. The largest absolute Gasteiger partial charge is 0.380 e. The SMILES string of the molecule is CCOCC(C)Nc1cccc(Cl)c1-n1cncn1. The summed E-state index contributed by atoms with van der Waals surface area (Å²) in [5, 5.41) is 8.13. The monoisotopic (exact) mass is 280 g/mol. The summed E-state index contributed by atoms with van der Waals surface area (Å²) in [6.45, 7) is 5.38. The Labute approximate surface area is 117 Å². The van der Waals surface area contributed by atoms with E-state index in [2.05, 4.69) is 22.3 Å². The van der Waals surface area contributed by atoms with Gasteiger partial charge in [0.15, 0.2) is 0 Å². The van der Waals surface area contributed by atoms with Crippen molar-refractivity contribution >= 4 is 17.3 Å². The summed E-state index contributed by atoms with van der Waals surface area (Å²) in [5.41, 5.74) is 1.70. The lowest BCUT2D eigenvalue weighted by Gasteiger charge is -2.18. The van der Waals surface area contributed by atoms with Crippen LogP contribution in [0.4, 0.5) is 5.69 Å². The van der Waals surface area contributed by atoms with E-state index < -0.39 is 0 Å². The molecule has 1 atom stereocenters. The average Bonchev–Trinajstić information content (AvgIpc) is 2.90. The van der Waals surface area contributed by atoms with Crippen LogP contribution in [0, 0.1) is 0 Å².